The Morgan fingerprint density at radius 1 is 1.15 bits per heavy atom. The van der Waals surface area contributed by atoms with E-state index in [9.17, 15) is 9.59 Å². The molecule has 0 aliphatic heterocycles. The molecule has 0 saturated heterocycles. The molecule has 0 unspecified atom stereocenters. The Kier molecular flexibility index (Phi) is 4.27. The van der Waals surface area contributed by atoms with Crippen LogP contribution in [0.1, 0.15) is 19.2 Å². The number of aromatic nitrogens is 3. The first-order chi connectivity index (χ1) is 13.1. The minimum atomic E-state index is -0.158. The molecule has 1 amide bonds. The maximum Gasteiger partial charge on any atom is 0.329 e. The fourth-order valence-electron chi connectivity index (χ4n) is 3.35. The van der Waals surface area contributed by atoms with E-state index in [4.69, 9.17) is 4.42 Å². The summed E-state index contributed by atoms with van der Waals surface area (Å²) in [6.07, 6.45) is 0.202. The number of para-hydroxylation sites is 2. The van der Waals surface area contributed by atoms with Crippen LogP contribution in [-0.2, 0) is 17.9 Å². The van der Waals surface area contributed by atoms with Gasteiger partial charge in [0.15, 0.2) is 11.5 Å². The number of amides is 1. The standard InChI is InChI=1S/C20H20N4O3/c1-3-23-16-6-4-5-7-17(16)24(20(23)26)11-10-19(25)22-14-8-9-18-15(12-14)21-13(2)27-18/h4-9,12H,3,10-11H2,1-2H3,(H,22,25). The zero-order valence-electron chi connectivity index (χ0n) is 15.2. The van der Waals surface area contributed by atoms with E-state index in [1.54, 1.807) is 34.3 Å². The van der Waals surface area contributed by atoms with Gasteiger partial charge in [-0.1, -0.05) is 12.1 Å². The van der Waals surface area contributed by atoms with Crippen molar-refractivity contribution < 1.29 is 9.21 Å². The molecule has 138 valence electrons. The fourth-order valence-corrected chi connectivity index (χ4v) is 3.35. The number of aryl methyl sites for hydroxylation is 3. The molecule has 2 aromatic heterocycles. The number of oxazole rings is 1. The number of rotatable bonds is 5. The van der Waals surface area contributed by atoms with Crippen molar-refractivity contribution in [3.63, 3.8) is 0 Å². The Balaban J connectivity index is 1.51. The lowest BCUT2D eigenvalue weighted by Crippen LogP contribution is -2.25. The third-order valence-electron chi connectivity index (χ3n) is 4.58. The van der Waals surface area contributed by atoms with Crippen molar-refractivity contribution in [2.45, 2.75) is 33.4 Å². The summed E-state index contributed by atoms with van der Waals surface area (Å²) in [6.45, 7) is 4.63. The second-order valence-corrected chi connectivity index (χ2v) is 6.38. The first-order valence-electron chi connectivity index (χ1n) is 8.92. The monoisotopic (exact) mass is 364 g/mol. The Hall–Kier alpha value is -3.35. The van der Waals surface area contributed by atoms with Gasteiger partial charge in [0, 0.05) is 32.1 Å². The maximum atomic E-state index is 12.6. The molecule has 7 nitrogen and oxygen atoms in total. The van der Waals surface area contributed by atoms with E-state index in [-0.39, 0.29) is 18.0 Å². The summed E-state index contributed by atoms with van der Waals surface area (Å²) in [6, 6.07) is 13.0. The lowest BCUT2D eigenvalue weighted by atomic mass is 10.2. The second-order valence-electron chi connectivity index (χ2n) is 6.38. The SMILES string of the molecule is CCn1c(=O)n(CCC(=O)Nc2ccc3oc(C)nc3c2)c2ccccc21. The van der Waals surface area contributed by atoms with Crippen LogP contribution >= 0.6 is 0 Å². The summed E-state index contributed by atoms with van der Waals surface area (Å²) in [5, 5.41) is 2.86. The van der Waals surface area contributed by atoms with Crippen molar-refractivity contribution >= 4 is 33.7 Å². The molecule has 0 saturated carbocycles. The molecular weight excluding hydrogens is 344 g/mol. The molecule has 0 spiro atoms. The number of carbonyl (C=O) groups is 1. The summed E-state index contributed by atoms with van der Waals surface area (Å²) in [5.41, 5.74) is 3.68. The summed E-state index contributed by atoms with van der Waals surface area (Å²) in [4.78, 5) is 29.3. The van der Waals surface area contributed by atoms with Crippen molar-refractivity contribution in [1.82, 2.24) is 14.1 Å². The number of anilines is 1. The quantitative estimate of drug-likeness (QED) is 0.589. The van der Waals surface area contributed by atoms with Crippen LogP contribution in [-0.4, -0.2) is 20.0 Å². The molecule has 2 aromatic carbocycles. The lowest BCUT2D eigenvalue weighted by molar-refractivity contribution is -0.116. The molecule has 4 aromatic rings. The van der Waals surface area contributed by atoms with E-state index >= 15 is 0 Å². The zero-order valence-corrected chi connectivity index (χ0v) is 15.2. The highest BCUT2D eigenvalue weighted by Crippen LogP contribution is 2.20. The van der Waals surface area contributed by atoms with Gasteiger partial charge in [-0.2, -0.15) is 0 Å². The molecule has 0 bridgehead atoms. The van der Waals surface area contributed by atoms with Crippen molar-refractivity contribution in [3.05, 3.63) is 58.8 Å². The van der Waals surface area contributed by atoms with Gasteiger partial charge >= 0.3 is 5.69 Å². The minimum absolute atomic E-state index is 0.0917. The van der Waals surface area contributed by atoms with Crippen molar-refractivity contribution in [3.8, 4) is 0 Å². The molecular formula is C20H20N4O3. The second kappa shape index (κ2) is 6.75. The number of carbonyl (C=O) groups excluding carboxylic acids is 1. The molecule has 4 rings (SSSR count). The van der Waals surface area contributed by atoms with Gasteiger partial charge in [0.05, 0.1) is 11.0 Å². The van der Waals surface area contributed by atoms with Crippen LogP contribution in [0, 0.1) is 6.92 Å². The number of nitrogens with one attached hydrogen (secondary N) is 1. The molecule has 0 aliphatic rings. The molecule has 0 radical (unpaired) electrons. The minimum Gasteiger partial charge on any atom is -0.441 e. The number of hydrogen-bond donors (Lipinski definition) is 1. The summed E-state index contributed by atoms with van der Waals surface area (Å²) >= 11 is 0. The Morgan fingerprint density at radius 2 is 1.89 bits per heavy atom. The van der Waals surface area contributed by atoms with Crippen LogP contribution in [0.15, 0.2) is 51.7 Å². The van der Waals surface area contributed by atoms with E-state index in [0.717, 1.165) is 11.0 Å². The maximum absolute atomic E-state index is 12.6. The van der Waals surface area contributed by atoms with Gasteiger partial charge in [-0.25, -0.2) is 9.78 Å². The number of hydrogen-bond acceptors (Lipinski definition) is 4. The number of nitrogens with zero attached hydrogens (tertiary/aromatic N) is 3. The topological polar surface area (TPSA) is 82.1 Å². The van der Waals surface area contributed by atoms with Crippen LogP contribution in [0.5, 0.6) is 0 Å². The Labute approximate surface area is 155 Å². The third-order valence-corrected chi connectivity index (χ3v) is 4.58. The number of benzene rings is 2. The van der Waals surface area contributed by atoms with Gasteiger partial charge in [0.1, 0.15) is 5.52 Å². The predicted molar refractivity (Wildman–Crippen MR) is 104 cm³/mol. The first kappa shape index (κ1) is 17.1. The average Bonchev–Trinajstić information content (AvgIpc) is 3.15. The van der Waals surface area contributed by atoms with Gasteiger partial charge in [-0.15, -0.1) is 0 Å². The van der Waals surface area contributed by atoms with Crippen molar-refractivity contribution in [1.29, 1.82) is 0 Å². The highest BCUT2D eigenvalue weighted by atomic mass is 16.3. The van der Waals surface area contributed by atoms with Gasteiger partial charge in [-0.05, 0) is 37.3 Å². The smallest absolute Gasteiger partial charge is 0.329 e. The molecule has 0 aliphatic carbocycles. The molecule has 2 heterocycles. The van der Waals surface area contributed by atoms with Gasteiger partial charge < -0.3 is 9.73 Å². The summed E-state index contributed by atoms with van der Waals surface area (Å²) in [7, 11) is 0. The first-order valence-corrected chi connectivity index (χ1v) is 8.92. The molecule has 0 atom stereocenters. The van der Waals surface area contributed by atoms with E-state index in [0.29, 0.717) is 35.8 Å². The molecule has 27 heavy (non-hydrogen) atoms. The molecule has 0 fully saturated rings. The summed E-state index contributed by atoms with van der Waals surface area (Å²) in [5.74, 6) is 0.426. The van der Waals surface area contributed by atoms with E-state index in [1.165, 1.54) is 0 Å². The predicted octanol–water partition coefficient (Wildman–Crippen LogP) is 3.30. The average molecular weight is 364 g/mol. The normalized spacial score (nSPS) is 11.3. The Bertz CT molecular complexity index is 1200. The van der Waals surface area contributed by atoms with Crippen molar-refractivity contribution in [2.24, 2.45) is 0 Å². The van der Waals surface area contributed by atoms with Crippen LogP contribution in [0.3, 0.4) is 0 Å². The molecule has 1 N–H and O–H groups in total. The van der Waals surface area contributed by atoms with E-state index in [1.807, 2.05) is 31.2 Å². The van der Waals surface area contributed by atoms with Crippen LogP contribution < -0.4 is 11.0 Å². The van der Waals surface area contributed by atoms with E-state index in [2.05, 4.69) is 10.3 Å². The van der Waals surface area contributed by atoms with Crippen molar-refractivity contribution in [2.75, 3.05) is 5.32 Å². The lowest BCUT2D eigenvalue weighted by Gasteiger charge is -2.06. The Morgan fingerprint density at radius 3 is 2.63 bits per heavy atom. The largest absolute Gasteiger partial charge is 0.441 e. The highest BCUT2D eigenvalue weighted by Gasteiger charge is 2.13. The van der Waals surface area contributed by atoms with Crippen LogP contribution in [0.2, 0.25) is 0 Å². The molecule has 7 heteroatoms. The van der Waals surface area contributed by atoms with Gasteiger partial charge in [0.2, 0.25) is 5.91 Å². The number of fused-ring (bicyclic) bond motifs is 2. The zero-order chi connectivity index (χ0) is 19.0. The summed E-state index contributed by atoms with van der Waals surface area (Å²) < 4.78 is 8.81. The van der Waals surface area contributed by atoms with Crippen LogP contribution in [0.25, 0.3) is 22.1 Å². The van der Waals surface area contributed by atoms with Gasteiger partial charge in [0.25, 0.3) is 0 Å². The number of imidazole rings is 1. The van der Waals surface area contributed by atoms with Gasteiger partial charge in [-0.3, -0.25) is 13.9 Å². The third kappa shape index (κ3) is 3.12. The van der Waals surface area contributed by atoms with E-state index < -0.39 is 0 Å². The highest BCUT2D eigenvalue weighted by molar-refractivity contribution is 5.92. The fraction of sp³-hybridized carbons (Fsp3) is 0.250. The van der Waals surface area contributed by atoms with Crippen LogP contribution in [0.4, 0.5) is 5.69 Å².